The van der Waals surface area contributed by atoms with Crippen LogP contribution in [0.5, 0.6) is 0 Å². The van der Waals surface area contributed by atoms with Gasteiger partial charge in [0.15, 0.2) is 4.80 Å². The summed E-state index contributed by atoms with van der Waals surface area (Å²) in [6.07, 6.45) is 4.27. The maximum atomic E-state index is 12.3. The summed E-state index contributed by atoms with van der Waals surface area (Å²) >= 11 is 1.13. The lowest BCUT2D eigenvalue weighted by Crippen LogP contribution is -2.15. The fraction of sp³-hybridized carbons (Fsp3) is 0.0526. The number of fused-ring (bicyclic) bond motifs is 1. The van der Waals surface area contributed by atoms with Gasteiger partial charge in [-0.1, -0.05) is 29.5 Å². The second-order valence-electron chi connectivity index (χ2n) is 6.09. The van der Waals surface area contributed by atoms with E-state index >= 15 is 0 Å². The topological polar surface area (TPSA) is 138 Å². The van der Waals surface area contributed by atoms with E-state index in [0.717, 1.165) is 11.3 Å². The molecule has 3 rings (SSSR count). The molecule has 0 aliphatic rings. The molecule has 0 bridgehead atoms. The summed E-state index contributed by atoms with van der Waals surface area (Å²) in [5, 5.41) is 16.0. The van der Waals surface area contributed by atoms with Gasteiger partial charge < -0.3 is 4.57 Å². The number of nitro benzene ring substituents is 1. The van der Waals surface area contributed by atoms with Crippen molar-refractivity contribution in [3.05, 3.63) is 81.7 Å². The Bertz CT molecular complexity index is 1370. The van der Waals surface area contributed by atoms with Gasteiger partial charge in [-0.15, -0.1) is 6.58 Å². The Morgan fingerprint density at radius 2 is 2.07 bits per heavy atom. The summed E-state index contributed by atoms with van der Waals surface area (Å²) in [6.45, 7) is 4.05. The van der Waals surface area contributed by atoms with Crippen LogP contribution in [0.15, 0.2) is 71.1 Å². The number of non-ortho nitro benzene ring substituents is 1. The number of sulfonamides is 1. The van der Waals surface area contributed by atoms with Crippen molar-refractivity contribution in [3.63, 3.8) is 0 Å². The lowest BCUT2D eigenvalue weighted by Gasteiger charge is -2.02. The molecule has 0 aliphatic heterocycles. The summed E-state index contributed by atoms with van der Waals surface area (Å²) in [6, 6.07) is 10.3. The van der Waals surface area contributed by atoms with Crippen LogP contribution in [0.2, 0.25) is 0 Å². The van der Waals surface area contributed by atoms with Crippen LogP contribution in [0.3, 0.4) is 0 Å². The molecule has 1 heterocycles. The van der Waals surface area contributed by atoms with Gasteiger partial charge in [0.2, 0.25) is 10.0 Å². The highest BCUT2D eigenvalue weighted by molar-refractivity contribution is 7.89. The van der Waals surface area contributed by atoms with E-state index in [0.29, 0.717) is 27.1 Å². The van der Waals surface area contributed by atoms with Crippen molar-refractivity contribution < 1.29 is 18.1 Å². The molecule has 3 aromatic rings. The molecular formula is C19H16N4O5S2. The minimum atomic E-state index is -3.86. The summed E-state index contributed by atoms with van der Waals surface area (Å²) in [4.78, 5) is 27.0. The molecule has 0 saturated carbocycles. The van der Waals surface area contributed by atoms with Gasteiger partial charge in [-0.2, -0.15) is 4.99 Å². The van der Waals surface area contributed by atoms with E-state index in [4.69, 9.17) is 5.14 Å². The highest BCUT2D eigenvalue weighted by Gasteiger charge is 2.12. The molecule has 154 valence electrons. The Balaban J connectivity index is 2.00. The SMILES string of the molecule is C=CCn1c(=NC(=O)/C=C/c2cccc([N+](=O)[O-])c2)sc2cc(S(N)(=O)=O)ccc21. The number of rotatable bonds is 6. The normalized spacial score (nSPS) is 12.5. The zero-order chi connectivity index (χ0) is 21.9. The minimum Gasteiger partial charge on any atom is -0.312 e. The first kappa shape index (κ1) is 21.3. The number of primary sulfonamides is 1. The second kappa shape index (κ2) is 8.53. The van der Waals surface area contributed by atoms with E-state index in [-0.39, 0.29) is 10.6 Å². The largest absolute Gasteiger partial charge is 0.312 e. The van der Waals surface area contributed by atoms with Crippen LogP contribution in [-0.4, -0.2) is 23.8 Å². The monoisotopic (exact) mass is 444 g/mol. The highest BCUT2D eigenvalue weighted by atomic mass is 32.2. The van der Waals surface area contributed by atoms with Crippen LogP contribution in [0.1, 0.15) is 5.56 Å². The van der Waals surface area contributed by atoms with Crippen LogP contribution in [0.4, 0.5) is 5.69 Å². The van der Waals surface area contributed by atoms with Gasteiger partial charge in [0, 0.05) is 24.8 Å². The third kappa shape index (κ3) is 4.76. The zero-order valence-corrected chi connectivity index (χ0v) is 17.1. The second-order valence-corrected chi connectivity index (χ2v) is 8.66. The van der Waals surface area contributed by atoms with Gasteiger partial charge in [-0.05, 0) is 29.8 Å². The van der Waals surface area contributed by atoms with Gasteiger partial charge in [0.05, 0.1) is 20.0 Å². The van der Waals surface area contributed by atoms with E-state index in [1.165, 1.54) is 42.5 Å². The van der Waals surface area contributed by atoms with Crippen molar-refractivity contribution in [1.82, 2.24) is 4.57 Å². The molecule has 9 nitrogen and oxygen atoms in total. The molecule has 0 spiro atoms. The number of carbonyl (C=O) groups is 1. The number of aromatic nitrogens is 1. The number of nitro groups is 1. The van der Waals surface area contributed by atoms with Crippen molar-refractivity contribution in [1.29, 1.82) is 0 Å². The molecule has 1 aromatic heterocycles. The molecule has 0 radical (unpaired) electrons. The lowest BCUT2D eigenvalue weighted by atomic mass is 10.2. The Kier molecular flexibility index (Phi) is 6.06. The summed E-state index contributed by atoms with van der Waals surface area (Å²) < 4.78 is 25.5. The van der Waals surface area contributed by atoms with E-state index in [2.05, 4.69) is 11.6 Å². The van der Waals surface area contributed by atoms with Gasteiger partial charge in [0.1, 0.15) is 0 Å². The molecule has 2 N–H and O–H groups in total. The maximum Gasteiger partial charge on any atom is 0.272 e. The fourth-order valence-electron chi connectivity index (χ4n) is 2.66. The van der Waals surface area contributed by atoms with Crippen molar-refractivity contribution >= 4 is 49.2 Å². The molecule has 0 fully saturated rings. The molecule has 1 amide bonds. The zero-order valence-electron chi connectivity index (χ0n) is 15.5. The number of hydrogen-bond donors (Lipinski definition) is 1. The lowest BCUT2D eigenvalue weighted by molar-refractivity contribution is -0.384. The molecule has 0 atom stereocenters. The van der Waals surface area contributed by atoms with E-state index in [1.54, 1.807) is 22.8 Å². The van der Waals surface area contributed by atoms with Crippen LogP contribution in [0.25, 0.3) is 16.3 Å². The number of benzene rings is 2. The summed E-state index contributed by atoms with van der Waals surface area (Å²) in [5.74, 6) is -0.572. The molecule has 2 aromatic carbocycles. The third-order valence-corrected chi connectivity index (χ3v) is 5.95. The molecule has 0 unspecified atom stereocenters. The first-order valence-corrected chi connectivity index (χ1v) is 10.8. The van der Waals surface area contributed by atoms with Crippen LogP contribution < -0.4 is 9.94 Å². The molecule has 0 saturated heterocycles. The number of nitrogens with zero attached hydrogens (tertiary/aromatic N) is 3. The third-order valence-electron chi connectivity index (χ3n) is 4.00. The van der Waals surface area contributed by atoms with Crippen LogP contribution in [0, 0.1) is 10.1 Å². The van der Waals surface area contributed by atoms with Gasteiger partial charge in [-0.3, -0.25) is 14.9 Å². The smallest absolute Gasteiger partial charge is 0.272 e. The van der Waals surface area contributed by atoms with E-state index < -0.39 is 20.9 Å². The van der Waals surface area contributed by atoms with E-state index in [1.807, 2.05) is 0 Å². The number of carbonyl (C=O) groups excluding carboxylic acids is 1. The average Bonchev–Trinajstić information content (AvgIpc) is 3.02. The Morgan fingerprint density at radius 1 is 1.30 bits per heavy atom. The standard InChI is InChI=1S/C19H16N4O5S2/c1-2-10-22-16-8-7-15(30(20,27)28)12-17(16)29-19(22)21-18(24)9-6-13-4-3-5-14(11-13)23(25)26/h2-9,11-12H,1,10H2,(H2,20,27,28)/b9-6+,21-19?. The molecule has 11 heteroatoms. The minimum absolute atomic E-state index is 0.0366. The summed E-state index contributed by atoms with van der Waals surface area (Å²) in [7, 11) is -3.86. The Morgan fingerprint density at radius 3 is 2.73 bits per heavy atom. The number of hydrogen-bond acceptors (Lipinski definition) is 6. The molecule has 30 heavy (non-hydrogen) atoms. The number of allylic oxidation sites excluding steroid dienone is 1. The number of thiazole rings is 1. The van der Waals surface area contributed by atoms with E-state index in [9.17, 15) is 23.3 Å². The van der Waals surface area contributed by atoms with Gasteiger partial charge in [-0.25, -0.2) is 13.6 Å². The first-order valence-electron chi connectivity index (χ1n) is 8.47. The van der Waals surface area contributed by atoms with Crippen LogP contribution in [-0.2, 0) is 21.4 Å². The molecular weight excluding hydrogens is 428 g/mol. The van der Waals surface area contributed by atoms with Crippen molar-refractivity contribution in [2.24, 2.45) is 10.1 Å². The van der Waals surface area contributed by atoms with Crippen LogP contribution >= 0.6 is 11.3 Å². The maximum absolute atomic E-state index is 12.3. The van der Waals surface area contributed by atoms with Crippen molar-refractivity contribution in [2.45, 2.75) is 11.4 Å². The molecule has 0 aliphatic carbocycles. The van der Waals surface area contributed by atoms with Gasteiger partial charge in [0.25, 0.3) is 11.6 Å². The van der Waals surface area contributed by atoms with Gasteiger partial charge >= 0.3 is 0 Å². The summed E-state index contributed by atoms with van der Waals surface area (Å²) in [5.41, 5.74) is 1.09. The Labute approximate surface area is 175 Å². The average molecular weight is 444 g/mol. The van der Waals surface area contributed by atoms with Crippen molar-refractivity contribution in [3.8, 4) is 0 Å². The predicted molar refractivity (Wildman–Crippen MR) is 114 cm³/mol. The number of nitrogens with two attached hydrogens (primary N) is 1. The highest BCUT2D eigenvalue weighted by Crippen LogP contribution is 2.21. The quantitative estimate of drug-likeness (QED) is 0.269. The Hall–Kier alpha value is -3.41. The fourth-order valence-corrected chi connectivity index (χ4v) is 4.36. The predicted octanol–water partition coefficient (Wildman–Crippen LogP) is 2.59. The number of amides is 1. The first-order chi connectivity index (χ1) is 14.2. The van der Waals surface area contributed by atoms with Crippen molar-refractivity contribution in [2.75, 3.05) is 0 Å².